The van der Waals surface area contributed by atoms with Crippen LogP contribution >= 0.6 is 0 Å². The fourth-order valence-electron chi connectivity index (χ4n) is 3.94. The molecule has 3 N–H and O–H groups in total. The van der Waals surface area contributed by atoms with E-state index in [4.69, 9.17) is 19.4 Å². The summed E-state index contributed by atoms with van der Waals surface area (Å²) >= 11 is 0. The number of para-hydroxylation sites is 1. The number of alkyl carbamates (subject to hydrolysis) is 1. The van der Waals surface area contributed by atoms with Crippen LogP contribution in [-0.2, 0) is 30.6 Å². The van der Waals surface area contributed by atoms with Crippen LogP contribution in [0.2, 0.25) is 0 Å². The van der Waals surface area contributed by atoms with Crippen molar-refractivity contribution in [3.63, 3.8) is 0 Å². The second kappa shape index (κ2) is 13.4. The number of hydrogen-bond acceptors (Lipinski definition) is 8. The number of hydrogen-bond donors (Lipinski definition) is 3. The molecule has 0 fully saturated rings. The molecular weight excluding hydrogens is 506 g/mol. The molecule has 3 rings (SSSR count). The third-order valence-corrected chi connectivity index (χ3v) is 6.12. The second-order valence-corrected chi connectivity index (χ2v) is 9.61. The van der Waals surface area contributed by atoms with Gasteiger partial charge in [0.05, 0.1) is 24.2 Å². The maximum Gasteiger partial charge on any atom is 0.408 e. The standard InChI is InChI=1S/C28H33N3O8/c1-18(2)25(30-27(36)37-16-20-10-6-4-7-11-20)23-15-28(39-31-23,17-38-21-12-8-5-9-13-21)26(35)29-22(19(3)32)14-24(33)34/h4-13,18,22,25H,14-17H2,1-3H3,(H,29,35)(H,30,36)(H,33,34). The number of carbonyl (C=O) groups is 4. The number of rotatable bonds is 13. The van der Waals surface area contributed by atoms with Gasteiger partial charge in [0.1, 0.15) is 19.0 Å². The van der Waals surface area contributed by atoms with Crippen molar-refractivity contribution in [3.05, 3.63) is 66.2 Å². The fourth-order valence-corrected chi connectivity index (χ4v) is 3.94. The molecule has 39 heavy (non-hydrogen) atoms. The van der Waals surface area contributed by atoms with Crippen LogP contribution in [0.3, 0.4) is 0 Å². The highest BCUT2D eigenvalue weighted by molar-refractivity contribution is 6.01. The Morgan fingerprint density at radius 1 is 1.03 bits per heavy atom. The molecule has 0 saturated carbocycles. The molecule has 1 aliphatic rings. The lowest BCUT2D eigenvalue weighted by atomic mass is 9.89. The van der Waals surface area contributed by atoms with Gasteiger partial charge in [0.25, 0.3) is 11.5 Å². The molecule has 0 spiro atoms. The highest BCUT2D eigenvalue weighted by atomic mass is 16.7. The van der Waals surface area contributed by atoms with E-state index in [0.717, 1.165) is 5.56 Å². The van der Waals surface area contributed by atoms with E-state index in [-0.39, 0.29) is 25.6 Å². The summed E-state index contributed by atoms with van der Waals surface area (Å²) in [7, 11) is 0. The summed E-state index contributed by atoms with van der Waals surface area (Å²) in [5.74, 6) is -2.20. The SMILES string of the molecule is CC(=O)C(CC(=O)O)NC(=O)C1(COc2ccccc2)CC(C(NC(=O)OCc2ccccc2)C(C)C)=NO1. The first-order valence-corrected chi connectivity index (χ1v) is 12.5. The molecule has 0 radical (unpaired) electrons. The number of carboxylic acid groups (broad SMARTS) is 1. The summed E-state index contributed by atoms with van der Waals surface area (Å²) in [6, 6.07) is 16.0. The van der Waals surface area contributed by atoms with Crippen LogP contribution in [0, 0.1) is 5.92 Å². The molecule has 0 aromatic heterocycles. The molecule has 11 nitrogen and oxygen atoms in total. The smallest absolute Gasteiger partial charge is 0.408 e. The lowest BCUT2D eigenvalue weighted by Gasteiger charge is -2.28. The van der Waals surface area contributed by atoms with Gasteiger partial charge in [-0.1, -0.05) is 67.5 Å². The van der Waals surface area contributed by atoms with E-state index in [1.165, 1.54) is 6.92 Å². The van der Waals surface area contributed by atoms with E-state index in [1.807, 2.05) is 50.2 Å². The minimum Gasteiger partial charge on any atom is -0.489 e. The number of amides is 2. The van der Waals surface area contributed by atoms with Gasteiger partial charge < -0.3 is 30.1 Å². The van der Waals surface area contributed by atoms with E-state index in [9.17, 15) is 19.2 Å². The van der Waals surface area contributed by atoms with E-state index in [2.05, 4.69) is 15.8 Å². The summed E-state index contributed by atoms with van der Waals surface area (Å²) in [6.07, 6.45) is -1.33. The van der Waals surface area contributed by atoms with Crippen molar-refractivity contribution in [1.29, 1.82) is 0 Å². The maximum atomic E-state index is 13.5. The normalized spacial score (nSPS) is 17.8. The molecule has 3 atom stereocenters. The molecule has 11 heteroatoms. The minimum absolute atomic E-state index is 0.0771. The average Bonchev–Trinajstić information content (AvgIpc) is 3.35. The number of nitrogens with one attached hydrogen (secondary N) is 2. The molecule has 0 aliphatic carbocycles. The first-order chi connectivity index (χ1) is 18.6. The summed E-state index contributed by atoms with van der Waals surface area (Å²) in [5.41, 5.74) is -0.517. The third kappa shape index (κ3) is 8.29. The van der Waals surface area contributed by atoms with Crippen LogP contribution in [0.5, 0.6) is 5.75 Å². The molecule has 1 aliphatic heterocycles. The Morgan fingerprint density at radius 3 is 2.26 bits per heavy atom. The molecule has 2 amide bonds. The van der Waals surface area contributed by atoms with E-state index in [0.29, 0.717) is 11.5 Å². The minimum atomic E-state index is -1.71. The lowest BCUT2D eigenvalue weighted by molar-refractivity contribution is -0.150. The van der Waals surface area contributed by atoms with Gasteiger partial charge >= 0.3 is 12.1 Å². The van der Waals surface area contributed by atoms with E-state index < -0.39 is 47.9 Å². The van der Waals surface area contributed by atoms with Crippen molar-refractivity contribution in [1.82, 2.24) is 10.6 Å². The Balaban J connectivity index is 1.75. The van der Waals surface area contributed by atoms with Crippen LogP contribution in [0.15, 0.2) is 65.8 Å². The van der Waals surface area contributed by atoms with Crippen molar-refractivity contribution in [2.75, 3.05) is 6.61 Å². The predicted octanol–water partition coefficient (Wildman–Crippen LogP) is 3.08. The largest absolute Gasteiger partial charge is 0.489 e. The maximum absolute atomic E-state index is 13.5. The zero-order valence-electron chi connectivity index (χ0n) is 22.1. The Labute approximate surface area is 226 Å². The number of nitrogens with zero attached hydrogens (tertiary/aromatic N) is 1. The van der Waals surface area contributed by atoms with E-state index in [1.54, 1.807) is 24.3 Å². The Morgan fingerprint density at radius 2 is 1.67 bits per heavy atom. The monoisotopic (exact) mass is 539 g/mol. The number of aliphatic carboxylic acids is 1. The Bertz CT molecular complexity index is 1190. The number of benzene rings is 2. The number of ketones is 1. The quantitative estimate of drug-likeness (QED) is 0.351. The number of Topliss-reactive ketones (excluding diaryl/α,β-unsaturated/α-hetero) is 1. The van der Waals surface area contributed by atoms with Crippen molar-refractivity contribution in [2.45, 2.75) is 57.9 Å². The van der Waals surface area contributed by atoms with Crippen LogP contribution < -0.4 is 15.4 Å². The van der Waals surface area contributed by atoms with Crippen LogP contribution in [0.1, 0.15) is 39.2 Å². The van der Waals surface area contributed by atoms with Gasteiger partial charge in [0, 0.05) is 6.42 Å². The number of oxime groups is 1. The van der Waals surface area contributed by atoms with Gasteiger partial charge in [-0.15, -0.1) is 0 Å². The lowest BCUT2D eigenvalue weighted by Crippen LogP contribution is -2.56. The molecule has 2 aromatic carbocycles. The van der Waals surface area contributed by atoms with Gasteiger partial charge in [-0.25, -0.2) is 4.79 Å². The molecule has 0 bridgehead atoms. The average molecular weight is 540 g/mol. The first-order valence-electron chi connectivity index (χ1n) is 12.5. The van der Waals surface area contributed by atoms with Gasteiger partial charge in [0.2, 0.25) is 0 Å². The predicted molar refractivity (Wildman–Crippen MR) is 141 cm³/mol. The summed E-state index contributed by atoms with van der Waals surface area (Å²) < 4.78 is 11.2. The molecule has 2 aromatic rings. The molecule has 1 heterocycles. The summed E-state index contributed by atoms with van der Waals surface area (Å²) in [6.45, 7) is 4.72. The Kier molecular flexibility index (Phi) is 10.0. The third-order valence-electron chi connectivity index (χ3n) is 6.12. The van der Waals surface area contributed by atoms with Crippen molar-refractivity contribution in [2.24, 2.45) is 11.1 Å². The van der Waals surface area contributed by atoms with Crippen molar-refractivity contribution >= 4 is 29.5 Å². The number of carbonyl (C=O) groups excluding carboxylic acids is 3. The van der Waals surface area contributed by atoms with Gasteiger partial charge in [-0.2, -0.15) is 0 Å². The number of carboxylic acids is 1. The summed E-state index contributed by atoms with van der Waals surface area (Å²) in [4.78, 5) is 55.0. The van der Waals surface area contributed by atoms with Crippen LogP contribution in [0.25, 0.3) is 0 Å². The van der Waals surface area contributed by atoms with Gasteiger partial charge in [-0.3, -0.25) is 14.4 Å². The first kappa shape index (κ1) is 29.2. The molecule has 3 unspecified atom stereocenters. The van der Waals surface area contributed by atoms with Gasteiger partial charge in [-0.05, 0) is 30.5 Å². The van der Waals surface area contributed by atoms with Crippen LogP contribution in [-0.4, -0.2) is 58.9 Å². The zero-order chi connectivity index (χ0) is 28.4. The second-order valence-electron chi connectivity index (χ2n) is 9.61. The molecule has 0 saturated heterocycles. The van der Waals surface area contributed by atoms with E-state index >= 15 is 0 Å². The van der Waals surface area contributed by atoms with Gasteiger partial charge in [0.15, 0.2) is 5.78 Å². The number of ether oxygens (including phenoxy) is 2. The van der Waals surface area contributed by atoms with Crippen molar-refractivity contribution in [3.8, 4) is 5.75 Å². The highest BCUT2D eigenvalue weighted by Gasteiger charge is 2.50. The Hall–Kier alpha value is -4.41. The fraction of sp³-hybridized carbons (Fsp3) is 0.393. The zero-order valence-corrected chi connectivity index (χ0v) is 22.1. The summed E-state index contributed by atoms with van der Waals surface area (Å²) in [5, 5.41) is 18.6. The topological polar surface area (TPSA) is 153 Å². The van der Waals surface area contributed by atoms with Crippen LogP contribution in [0.4, 0.5) is 4.79 Å². The molecule has 208 valence electrons. The molecular formula is C28H33N3O8. The van der Waals surface area contributed by atoms with Crippen molar-refractivity contribution < 1.29 is 38.6 Å². The highest BCUT2D eigenvalue weighted by Crippen LogP contribution is 2.29.